The van der Waals surface area contributed by atoms with Crippen LogP contribution in [0.4, 0.5) is 0 Å². The van der Waals surface area contributed by atoms with E-state index in [-0.39, 0.29) is 6.79 Å². The summed E-state index contributed by atoms with van der Waals surface area (Å²) >= 11 is 7.76. The van der Waals surface area contributed by atoms with Crippen molar-refractivity contribution in [1.82, 2.24) is 20.2 Å². The van der Waals surface area contributed by atoms with Gasteiger partial charge in [-0.05, 0) is 41.1 Å². The molecule has 2 heterocycles. The van der Waals surface area contributed by atoms with Gasteiger partial charge in [0.05, 0.1) is 12.3 Å². The van der Waals surface area contributed by atoms with E-state index in [4.69, 9.17) is 21.1 Å². The van der Waals surface area contributed by atoms with Crippen molar-refractivity contribution in [1.29, 1.82) is 0 Å². The lowest BCUT2D eigenvalue weighted by Crippen LogP contribution is -2.13. The summed E-state index contributed by atoms with van der Waals surface area (Å²) in [7, 11) is 0. The zero-order valence-corrected chi connectivity index (χ0v) is 15.0. The predicted molar refractivity (Wildman–Crippen MR) is 95.2 cm³/mol. The van der Waals surface area contributed by atoms with Crippen molar-refractivity contribution in [3.63, 3.8) is 0 Å². The number of para-hydroxylation sites is 1. The Balaban J connectivity index is 1.61. The Morgan fingerprint density at radius 3 is 3.04 bits per heavy atom. The Morgan fingerprint density at radius 1 is 1.28 bits per heavy atom. The Kier molecular flexibility index (Phi) is 4.61. The molecule has 0 spiro atoms. The zero-order valence-electron chi connectivity index (χ0n) is 13.5. The number of aromatic nitrogens is 4. The summed E-state index contributed by atoms with van der Waals surface area (Å²) < 4.78 is 12.7. The SMILES string of the molecule is Cc1ccccc1-n1nnnc1SCc1cc(Cl)cc2c1OCOC2. The highest BCUT2D eigenvalue weighted by Gasteiger charge is 2.18. The van der Waals surface area contributed by atoms with Crippen LogP contribution < -0.4 is 4.74 Å². The molecule has 1 aromatic heterocycles. The number of tetrazole rings is 1. The van der Waals surface area contributed by atoms with Crippen LogP contribution in [0, 0.1) is 6.92 Å². The van der Waals surface area contributed by atoms with E-state index in [0.29, 0.717) is 17.4 Å². The van der Waals surface area contributed by atoms with E-state index in [2.05, 4.69) is 15.5 Å². The van der Waals surface area contributed by atoms with Crippen molar-refractivity contribution in [3.8, 4) is 11.4 Å². The molecule has 0 N–H and O–H groups in total. The van der Waals surface area contributed by atoms with Gasteiger partial charge >= 0.3 is 0 Å². The molecule has 0 fully saturated rings. The average Bonchev–Trinajstić information content (AvgIpc) is 3.08. The highest BCUT2D eigenvalue weighted by Crippen LogP contribution is 2.35. The number of fused-ring (bicyclic) bond motifs is 1. The third kappa shape index (κ3) is 3.35. The largest absolute Gasteiger partial charge is 0.467 e. The van der Waals surface area contributed by atoms with E-state index >= 15 is 0 Å². The Labute approximate surface area is 154 Å². The number of rotatable bonds is 4. The van der Waals surface area contributed by atoms with Gasteiger partial charge in [0.1, 0.15) is 5.75 Å². The molecule has 2 aromatic carbocycles. The van der Waals surface area contributed by atoms with Gasteiger partial charge in [0, 0.05) is 21.9 Å². The highest BCUT2D eigenvalue weighted by atomic mass is 35.5. The van der Waals surface area contributed by atoms with Crippen molar-refractivity contribution in [2.75, 3.05) is 6.79 Å². The maximum Gasteiger partial charge on any atom is 0.214 e. The fraction of sp³-hybridized carbons (Fsp3) is 0.235. The molecule has 3 aromatic rings. The summed E-state index contributed by atoms with van der Waals surface area (Å²) in [6.45, 7) is 2.80. The molecule has 1 aliphatic rings. The second-order valence-corrected chi connectivity index (χ2v) is 6.99. The number of halogens is 1. The standard InChI is InChI=1S/C17H15ClN4O2S/c1-11-4-2-3-5-15(11)22-17(19-20-21-22)25-9-13-7-14(18)6-12-8-23-10-24-16(12)13/h2-7H,8-10H2,1H3. The first-order valence-corrected chi connectivity index (χ1v) is 9.08. The van der Waals surface area contributed by atoms with Gasteiger partial charge in [-0.3, -0.25) is 0 Å². The van der Waals surface area contributed by atoms with Crippen LogP contribution in [0.2, 0.25) is 5.02 Å². The smallest absolute Gasteiger partial charge is 0.214 e. The van der Waals surface area contributed by atoms with Crippen molar-refractivity contribution in [2.24, 2.45) is 0 Å². The molecule has 0 saturated carbocycles. The van der Waals surface area contributed by atoms with E-state index in [1.54, 1.807) is 4.68 Å². The minimum atomic E-state index is 0.257. The van der Waals surface area contributed by atoms with Crippen LogP contribution in [-0.4, -0.2) is 27.0 Å². The molecule has 0 amide bonds. The summed E-state index contributed by atoms with van der Waals surface area (Å²) in [5, 5.41) is 13.5. The van der Waals surface area contributed by atoms with E-state index in [1.165, 1.54) is 11.8 Å². The van der Waals surface area contributed by atoms with Gasteiger partial charge in [0.15, 0.2) is 6.79 Å². The maximum absolute atomic E-state index is 6.22. The minimum absolute atomic E-state index is 0.257. The summed E-state index contributed by atoms with van der Waals surface area (Å²) in [5.74, 6) is 1.49. The number of thioether (sulfide) groups is 1. The first kappa shape index (κ1) is 16.4. The number of hydrogen-bond acceptors (Lipinski definition) is 6. The molecule has 128 valence electrons. The predicted octanol–water partition coefficient (Wildman–Crippen LogP) is 3.78. The fourth-order valence-electron chi connectivity index (χ4n) is 2.73. The molecule has 0 atom stereocenters. The second-order valence-electron chi connectivity index (χ2n) is 5.61. The van der Waals surface area contributed by atoms with Crippen molar-refractivity contribution < 1.29 is 9.47 Å². The zero-order chi connectivity index (χ0) is 17.2. The van der Waals surface area contributed by atoms with Crippen LogP contribution in [0.15, 0.2) is 41.6 Å². The number of hydrogen-bond donors (Lipinski definition) is 0. The van der Waals surface area contributed by atoms with Crippen LogP contribution in [-0.2, 0) is 17.1 Å². The summed E-state index contributed by atoms with van der Waals surface area (Å²) in [6, 6.07) is 11.8. The summed E-state index contributed by atoms with van der Waals surface area (Å²) in [5.41, 5.74) is 4.05. The average molecular weight is 375 g/mol. The number of ether oxygens (including phenoxy) is 2. The van der Waals surface area contributed by atoms with E-state index < -0.39 is 0 Å². The molecule has 0 aliphatic carbocycles. The first-order chi connectivity index (χ1) is 12.2. The van der Waals surface area contributed by atoms with Gasteiger partial charge in [-0.2, -0.15) is 4.68 Å². The maximum atomic E-state index is 6.22. The molecular formula is C17H15ClN4O2S. The molecule has 25 heavy (non-hydrogen) atoms. The van der Waals surface area contributed by atoms with Gasteiger partial charge in [-0.1, -0.05) is 41.6 Å². The first-order valence-electron chi connectivity index (χ1n) is 7.71. The van der Waals surface area contributed by atoms with Crippen LogP contribution in [0.1, 0.15) is 16.7 Å². The topological polar surface area (TPSA) is 62.1 Å². The van der Waals surface area contributed by atoms with Crippen molar-refractivity contribution >= 4 is 23.4 Å². The lowest BCUT2D eigenvalue weighted by atomic mass is 10.1. The number of benzene rings is 2. The quantitative estimate of drug-likeness (QED) is 0.647. The summed E-state index contributed by atoms with van der Waals surface area (Å²) in [6.07, 6.45) is 0. The molecule has 6 nitrogen and oxygen atoms in total. The van der Waals surface area contributed by atoms with Gasteiger partial charge in [-0.25, -0.2) is 0 Å². The molecule has 8 heteroatoms. The molecule has 0 radical (unpaired) electrons. The van der Waals surface area contributed by atoms with E-state index in [1.807, 2.05) is 43.3 Å². The molecule has 0 unspecified atom stereocenters. The third-order valence-corrected chi connectivity index (χ3v) is 5.08. The highest BCUT2D eigenvalue weighted by molar-refractivity contribution is 7.98. The normalized spacial score (nSPS) is 13.4. The van der Waals surface area contributed by atoms with Crippen LogP contribution in [0.3, 0.4) is 0 Å². The van der Waals surface area contributed by atoms with Gasteiger partial charge in [0.2, 0.25) is 5.16 Å². The molecule has 0 saturated heterocycles. The molecule has 0 bridgehead atoms. The van der Waals surface area contributed by atoms with Gasteiger partial charge in [0.25, 0.3) is 0 Å². The number of aryl methyl sites for hydroxylation is 1. The van der Waals surface area contributed by atoms with E-state index in [9.17, 15) is 0 Å². The fourth-order valence-corrected chi connectivity index (χ4v) is 3.84. The third-order valence-electron chi connectivity index (χ3n) is 3.89. The lowest BCUT2D eigenvalue weighted by molar-refractivity contribution is -0.0168. The lowest BCUT2D eigenvalue weighted by Gasteiger charge is -2.21. The van der Waals surface area contributed by atoms with Gasteiger partial charge in [-0.15, -0.1) is 5.10 Å². The number of nitrogens with zero attached hydrogens (tertiary/aromatic N) is 4. The van der Waals surface area contributed by atoms with Gasteiger partial charge < -0.3 is 9.47 Å². The van der Waals surface area contributed by atoms with Crippen LogP contribution in [0.25, 0.3) is 5.69 Å². The summed E-state index contributed by atoms with van der Waals surface area (Å²) in [4.78, 5) is 0. The molecule has 1 aliphatic heterocycles. The molecule has 4 rings (SSSR count). The monoisotopic (exact) mass is 374 g/mol. The molecular weight excluding hydrogens is 360 g/mol. The second kappa shape index (κ2) is 7.03. The van der Waals surface area contributed by atoms with Crippen molar-refractivity contribution in [2.45, 2.75) is 24.4 Å². The Hall–Kier alpha value is -2.09. The minimum Gasteiger partial charge on any atom is -0.467 e. The van der Waals surface area contributed by atoms with Crippen molar-refractivity contribution in [3.05, 3.63) is 58.1 Å². The Bertz CT molecular complexity index is 915. The van der Waals surface area contributed by atoms with Crippen LogP contribution in [0.5, 0.6) is 5.75 Å². The van der Waals surface area contributed by atoms with Crippen LogP contribution >= 0.6 is 23.4 Å². The Morgan fingerprint density at radius 2 is 2.16 bits per heavy atom. The van der Waals surface area contributed by atoms with E-state index in [0.717, 1.165) is 33.3 Å².